The minimum absolute atomic E-state index is 0.0261. The van der Waals surface area contributed by atoms with Crippen molar-refractivity contribution in [3.05, 3.63) is 125 Å². The number of carbonyl (C=O) groups excluding carboxylic acids is 1. The van der Waals surface area contributed by atoms with Crippen molar-refractivity contribution in [2.24, 2.45) is 0 Å². The summed E-state index contributed by atoms with van der Waals surface area (Å²) < 4.78 is 47.5. The molecule has 0 N–H and O–H groups in total. The summed E-state index contributed by atoms with van der Waals surface area (Å²) in [6, 6.07) is 28.6. The molecule has 0 aliphatic carbocycles. The quantitative estimate of drug-likeness (QED) is 0.171. The van der Waals surface area contributed by atoms with Gasteiger partial charge in [0.2, 0.25) is 10.0 Å². The fourth-order valence-corrected chi connectivity index (χ4v) is 6.09. The average molecular weight is 574 g/mol. The Bertz CT molecular complexity index is 1520. The summed E-state index contributed by atoms with van der Waals surface area (Å²) in [5.41, 5.74) is 4.17. The summed E-state index contributed by atoms with van der Waals surface area (Å²) >= 11 is 0. The molecule has 0 spiro atoms. The van der Waals surface area contributed by atoms with Gasteiger partial charge in [-0.15, -0.1) is 0 Å². The van der Waals surface area contributed by atoms with Crippen molar-refractivity contribution in [2.75, 3.05) is 20.3 Å². The monoisotopic (exact) mass is 573 g/mol. The fraction of sp³-hybridized carbons (Fsp3) is 0.242. The van der Waals surface area contributed by atoms with Crippen molar-refractivity contribution in [3.8, 4) is 11.5 Å². The van der Waals surface area contributed by atoms with Crippen molar-refractivity contribution >= 4 is 16.3 Å². The van der Waals surface area contributed by atoms with Crippen molar-refractivity contribution in [2.45, 2.75) is 38.0 Å². The van der Waals surface area contributed by atoms with Gasteiger partial charge in [-0.05, 0) is 42.7 Å². The van der Waals surface area contributed by atoms with Gasteiger partial charge in [-0.25, -0.2) is 8.42 Å². The van der Waals surface area contributed by atoms with E-state index in [1.807, 2.05) is 86.6 Å². The Balaban J connectivity index is 1.80. The van der Waals surface area contributed by atoms with Gasteiger partial charge in [0.05, 0.1) is 37.8 Å². The third-order valence-electron chi connectivity index (χ3n) is 6.75. The van der Waals surface area contributed by atoms with Gasteiger partial charge >= 0.3 is 0 Å². The first kappa shape index (κ1) is 30.0. The molecule has 0 aromatic heterocycles. The summed E-state index contributed by atoms with van der Waals surface area (Å²) in [6.07, 6.45) is 0.589. The molecule has 0 bridgehead atoms. The number of rotatable bonds is 14. The van der Waals surface area contributed by atoms with Crippen LogP contribution in [0, 0.1) is 13.8 Å². The second-order valence-corrected chi connectivity index (χ2v) is 11.6. The first-order valence-corrected chi connectivity index (χ1v) is 14.8. The Morgan fingerprint density at radius 1 is 0.780 bits per heavy atom. The molecule has 0 aliphatic rings. The third kappa shape index (κ3) is 7.41. The van der Waals surface area contributed by atoms with E-state index < -0.39 is 16.1 Å². The smallest absolute Gasteiger partial charge is 0.244 e. The van der Waals surface area contributed by atoms with E-state index >= 15 is 0 Å². The van der Waals surface area contributed by atoms with Crippen LogP contribution in [0.5, 0.6) is 11.5 Å². The maximum absolute atomic E-state index is 14.0. The van der Waals surface area contributed by atoms with Crippen LogP contribution >= 0.6 is 0 Å². The van der Waals surface area contributed by atoms with Gasteiger partial charge in [-0.2, -0.15) is 4.31 Å². The number of hydrogen-bond acceptors (Lipinski definition) is 6. The van der Waals surface area contributed by atoms with Crippen LogP contribution in [-0.4, -0.2) is 39.3 Å². The summed E-state index contributed by atoms with van der Waals surface area (Å²) in [6.45, 7) is 3.88. The summed E-state index contributed by atoms with van der Waals surface area (Å²) in [5.74, 6) is 0.893. The second kappa shape index (κ2) is 14.1. The van der Waals surface area contributed by atoms with Crippen LogP contribution in [0.4, 0.5) is 0 Å². The Hall–Kier alpha value is -3.98. The lowest BCUT2D eigenvalue weighted by molar-refractivity contribution is -0.108. The molecule has 8 heteroatoms. The number of ether oxygens (including phenoxy) is 3. The number of aldehydes is 1. The van der Waals surface area contributed by atoms with Gasteiger partial charge in [0, 0.05) is 5.56 Å². The maximum atomic E-state index is 14.0. The van der Waals surface area contributed by atoms with E-state index in [1.165, 1.54) is 4.31 Å². The molecule has 0 fully saturated rings. The van der Waals surface area contributed by atoms with Crippen LogP contribution in [0.2, 0.25) is 0 Å². The molecule has 41 heavy (non-hydrogen) atoms. The molecule has 0 saturated heterocycles. The highest BCUT2D eigenvalue weighted by Gasteiger charge is 2.35. The highest BCUT2D eigenvalue weighted by molar-refractivity contribution is 7.89. The topological polar surface area (TPSA) is 82.1 Å². The van der Waals surface area contributed by atoms with Gasteiger partial charge in [0.15, 0.2) is 11.5 Å². The number of benzene rings is 4. The van der Waals surface area contributed by atoms with E-state index in [1.54, 1.807) is 31.4 Å². The van der Waals surface area contributed by atoms with Crippen LogP contribution in [-0.2, 0) is 32.8 Å². The van der Waals surface area contributed by atoms with E-state index in [0.29, 0.717) is 23.3 Å². The van der Waals surface area contributed by atoms with Gasteiger partial charge in [0.25, 0.3) is 0 Å². The van der Waals surface area contributed by atoms with E-state index in [2.05, 4.69) is 0 Å². The number of hydrogen-bond donors (Lipinski definition) is 0. The summed E-state index contributed by atoms with van der Waals surface area (Å²) in [7, 11) is -2.56. The molecule has 0 saturated carbocycles. The molecule has 4 rings (SSSR count). The van der Waals surface area contributed by atoms with Crippen LogP contribution in [0.3, 0.4) is 0 Å². The number of aryl methyl sites for hydroxylation is 2. The van der Waals surface area contributed by atoms with E-state index in [0.717, 1.165) is 22.3 Å². The first-order chi connectivity index (χ1) is 19.8. The SMILES string of the molecule is COc1c(C)ccc(C(COCc2ccccc2)N(CC=O)S(=O)(=O)c2ccc(C)cc2)c1OCc1ccccc1. The van der Waals surface area contributed by atoms with Crippen LogP contribution in [0.1, 0.15) is 33.9 Å². The van der Waals surface area contributed by atoms with E-state index in [4.69, 9.17) is 14.2 Å². The molecule has 0 radical (unpaired) electrons. The molecule has 0 heterocycles. The zero-order valence-corrected chi connectivity index (χ0v) is 24.3. The lowest BCUT2D eigenvalue weighted by Gasteiger charge is -2.31. The average Bonchev–Trinajstić information content (AvgIpc) is 2.99. The first-order valence-electron chi connectivity index (χ1n) is 13.3. The zero-order valence-electron chi connectivity index (χ0n) is 23.5. The molecule has 1 atom stereocenters. The molecule has 0 aliphatic heterocycles. The van der Waals surface area contributed by atoms with Gasteiger partial charge < -0.3 is 19.0 Å². The van der Waals surface area contributed by atoms with Gasteiger partial charge in [-0.1, -0.05) is 90.5 Å². The summed E-state index contributed by atoms with van der Waals surface area (Å²) in [5, 5.41) is 0. The maximum Gasteiger partial charge on any atom is 0.244 e. The molecular weight excluding hydrogens is 538 g/mol. The minimum Gasteiger partial charge on any atom is -0.493 e. The largest absolute Gasteiger partial charge is 0.493 e. The predicted molar refractivity (Wildman–Crippen MR) is 158 cm³/mol. The van der Waals surface area contributed by atoms with E-state index in [-0.39, 0.29) is 31.3 Å². The molecule has 7 nitrogen and oxygen atoms in total. The molecule has 4 aromatic rings. The molecule has 214 valence electrons. The van der Waals surface area contributed by atoms with Crippen molar-refractivity contribution in [1.82, 2.24) is 4.31 Å². The highest BCUT2D eigenvalue weighted by atomic mass is 32.2. The minimum atomic E-state index is -4.11. The van der Waals surface area contributed by atoms with Crippen molar-refractivity contribution in [3.63, 3.8) is 0 Å². The Morgan fingerprint density at radius 2 is 1.39 bits per heavy atom. The molecule has 0 amide bonds. The standard InChI is InChI=1S/C33H35NO6S/c1-25-14-17-29(18-15-25)41(36,37)34(20-21-35)31(24-39-22-27-10-6-4-7-11-27)30-19-16-26(2)32(38-3)33(30)40-23-28-12-8-5-9-13-28/h4-19,21,31H,20,22-24H2,1-3H3. The lowest BCUT2D eigenvalue weighted by atomic mass is 10.0. The predicted octanol–water partition coefficient (Wildman–Crippen LogP) is 6.04. The number of methoxy groups -OCH3 is 1. The van der Waals surface area contributed by atoms with Crippen LogP contribution in [0.15, 0.2) is 102 Å². The third-order valence-corrected chi connectivity index (χ3v) is 8.63. The van der Waals surface area contributed by atoms with Crippen LogP contribution in [0.25, 0.3) is 0 Å². The fourth-order valence-electron chi connectivity index (χ4n) is 4.57. The summed E-state index contributed by atoms with van der Waals surface area (Å²) in [4.78, 5) is 12.0. The highest BCUT2D eigenvalue weighted by Crippen LogP contribution is 2.41. The number of nitrogens with zero attached hydrogens (tertiary/aromatic N) is 1. The normalized spacial score (nSPS) is 12.2. The van der Waals surface area contributed by atoms with E-state index in [9.17, 15) is 13.2 Å². The van der Waals surface area contributed by atoms with Crippen LogP contribution < -0.4 is 9.47 Å². The van der Waals surface area contributed by atoms with Gasteiger partial charge in [0.1, 0.15) is 12.9 Å². The Morgan fingerprint density at radius 3 is 1.98 bits per heavy atom. The van der Waals surface area contributed by atoms with Gasteiger partial charge in [-0.3, -0.25) is 0 Å². The molecular formula is C33H35NO6S. The van der Waals surface area contributed by atoms with Crippen molar-refractivity contribution < 1.29 is 27.4 Å². The lowest BCUT2D eigenvalue weighted by Crippen LogP contribution is -2.38. The zero-order chi connectivity index (χ0) is 29.2. The second-order valence-electron chi connectivity index (χ2n) is 9.68. The number of carbonyl (C=O) groups is 1. The molecule has 4 aromatic carbocycles. The number of sulfonamides is 1. The Labute approximate surface area is 242 Å². The molecule has 1 unspecified atom stereocenters. The Kier molecular flexibility index (Phi) is 10.3. The van der Waals surface area contributed by atoms with Crippen molar-refractivity contribution in [1.29, 1.82) is 0 Å².